The number of para-hydroxylation sites is 2. The second kappa shape index (κ2) is 7.46. The number of carbonyl (C=O) groups excluding carboxylic acids is 1. The Balaban J connectivity index is 1.59. The highest BCUT2D eigenvalue weighted by molar-refractivity contribution is 7.13. The number of H-pyrrole nitrogens is 1. The van der Waals surface area contributed by atoms with Crippen molar-refractivity contribution in [3.05, 3.63) is 71.5 Å². The first-order valence-corrected chi connectivity index (χ1v) is 9.25. The van der Waals surface area contributed by atoms with E-state index in [9.17, 15) is 9.90 Å². The fraction of sp³-hybridized carbons (Fsp3) is 0.105. The summed E-state index contributed by atoms with van der Waals surface area (Å²) in [4.78, 5) is 24.4. The number of urea groups is 1. The molecule has 0 radical (unpaired) electrons. The maximum absolute atomic E-state index is 12.4. The van der Waals surface area contributed by atoms with Gasteiger partial charge < -0.3 is 15.4 Å². The second-order valence-corrected chi connectivity index (χ2v) is 6.89. The molecule has 2 aromatic heterocycles. The molecule has 0 aliphatic rings. The van der Waals surface area contributed by atoms with Gasteiger partial charge in [-0.15, -0.1) is 11.3 Å². The largest absolute Gasteiger partial charge is 0.508 e. The first kappa shape index (κ1) is 17.0. The lowest BCUT2D eigenvalue weighted by Gasteiger charge is -2.17. The summed E-state index contributed by atoms with van der Waals surface area (Å²) in [6, 6.07) is 13.9. The van der Waals surface area contributed by atoms with Crippen molar-refractivity contribution in [2.45, 2.75) is 12.5 Å². The Morgan fingerprint density at radius 3 is 2.74 bits per heavy atom. The van der Waals surface area contributed by atoms with Gasteiger partial charge in [0.1, 0.15) is 11.6 Å². The Morgan fingerprint density at radius 1 is 1.19 bits per heavy atom. The van der Waals surface area contributed by atoms with Crippen molar-refractivity contribution in [1.29, 1.82) is 0 Å². The average molecular weight is 379 g/mol. The molecule has 0 saturated heterocycles. The molecule has 8 heteroatoms. The van der Waals surface area contributed by atoms with Gasteiger partial charge >= 0.3 is 6.03 Å². The number of imidazole rings is 1. The summed E-state index contributed by atoms with van der Waals surface area (Å²) in [7, 11) is 0. The van der Waals surface area contributed by atoms with Crippen LogP contribution in [-0.4, -0.2) is 26.1 Å². The van der Waals surface area contributed by atoms with Gasteiger partial charge in [-0.3, -0.25) is 5.32 Å². The molecule has 4 N–H and O–H groups in total. The van der Waals surface area contributed by atoms with E-state index >= 15 is 0 Å². The minimum Gasteiger partial charge on any atom is -0.508 e. The predicted octanol–water partition coefficient (Wildman–Crippen LogP) is 3.83. The van der Waals surface area contributed by atoms with Gasteiger partial charge in [-0.05, 0) is 36.2 Å². The van der Waals surface area contributed by atoms with Gasteiger partial charge in [0.25, 0.3) is 0 Å². The fourth-order valence-electron chi connectivity index (χ4n) is 2.80. The molecule has 136 valence electrons. The molecule has 0 spiro atoms. The number of phenols is 1. The predicted molar refractivity (Wildman–Crippen MR) is 105 cm³/mol. The van der Waals surface area contributed by atoms with Crippen molar-refractivity contribution in [3.8, 4) is 5.75 Å². The van der Waals surface area contributed by atoms with Crippen molar-refractivity contribution < 1.29 is 9.90 Å². The summed E-state index contributed by atoms with van der Waals surface area (Å²) in [5.74, 6) is 0.868. The van der Waals surface area contributed by atoms with Crippen LogP contribution in [0.5, 0.6) is 5.75 Å². The lowest BCUT2D eigenvalue weighted by molar-refractivity contribution is 0.248. The van der Waals surface area contributed by atoms with Crippen LogP contribution in [-0.2, 0) is 6.42 Å². The first-order chi connectivity index (χ1) is 13.2. The van der Waals surface area contributed by atoms with Crippen molar-refractivity contribution >= 4 is 33.5 Å². The minimum absolute atomic E-state index is 0.202. The number of phenolic OH excluding ortho intramolecular Hbond substituents is 1. The van der Waals surface area contributed by atoms with Crippen LogP contribution in [0.2, 0.25) is 0 Å². The van der Waals surface area contributed by atoms with Crippen LogP contribution in [0.15, 0.2) is 60.1 Å². The molecule has 27 heavy (non-hydrogen) atoms. The lowest BCUT2D eigenvalue weighted by atomic mass is 10.1. The second-order valence-electron chi connectivity index (χ2n) is 6.00. The molecule has 0 saturated carbocycles. The topological polar surface area (TPSA) is 103 Å². The molecular formula is C19H17N5O2S. The number of carbonyl (C=O) groups is 1. The van der Waals surface area contributed by atoms with Crippen LogP contribution in [0.25, 0.3) is 11.0 Å². The van der Waals surface area contributed by atoms with E-state index in [2.05, 4.69) is 25.6 Å². The average Bonchev–Trinajstić information content (AvgIpc) is 3.32. The number of anilines is 1. The lowest BCUT2D eigenvalue weighted by Crippen LogP contribution is -2.34. The molecule has 2 aromatic carbocycles. The summed E-state index contributed by atoms with van der Waals surface area (Å²) in [6.07, 6.45) is 2.15. The molecule has 0 fully saturated rings. The maximum Gasteiger partial charge on any atom is 0.321 e. The van der Waals surface area contributed by atoms with Gasteiger partial charge in [-0.2, -0.15) is 0 Å². The van der Waals surface area contributed by atoms with Gasteiger partial charge in [0.2, 0.25) is 0 Å². The Labute approximate surface area is 159 Å². The number of rotatable bonds is 5. The number of nitrogens with one attached hydrogen (secondary N) is 3. The zero-order chi connectivity index (χ0) is 18.6. The molecule has 7 nitrogen and oxygen atoms in total. The third kappa shape index (κ3) is 4.06. The van der Waals surface area contributed by atoms with Crippen molar-refractivity contribution in [2.24, 2.45) is 0 Å². The number of aromatic amines is 1. The number of hydrogen-bond donors (Lipinski definition) is 4. The van der Waals surface area contributed by atoms with Gasteiger partial charge in [0.15, 0.2) is 5.13 Å². The summed E-state index contributed by atoms with van der Waals surface area (Å²) >= 11 is 1.35. The number of hydrogen-bond acceptors (Lipinski definition) is 5. The first-order valence-electron chi connectivity index (χ1n) is 8.37. The van der Waals surface area contributed by atoms with E-state index < -0.39 is 0 Å². The van der Waals surface area contributed by atoms with Crippen molar-refractivity contribution in [1.82, 2.24) is 20.3 Å². The Bertz CT molecular complexity index is 1010. The highest BCUT2D eigenvalue weighted by atomic mass is 32.1. The van der Waals surface area contributed by atoms with E-state index in [1.807, 2.05) is 36.4 Å². The molecule has 1 unspecified atom stereocenters. The maximum atomic E-state index is 12.4. The van der Waals surface area contributed by atoms with E-state index in [1.165, 1.54) is 11.3 Å². The number of nitrogens with zero attached hydrogens (tertiary/aromatic N) is 2. The third-order valence-electron chi connectivity index (χ3n) is 4.07. The van der Waals surface area contributed by atoms with Crippen LogP contribution in [0.1, 0.15) is 17.4 Å². The Kier molecular flexibility index (Phi) is 4.71. The number of thiazole rings is 1. The summed E-state index contributed by atoms with van der Waals surface area (Å²) in [5, 5.41) is 17.5. The number of amides is 2. The number of fused-ring (bicyclic) bond motifs is 1. The fourth-order valence-corrected chi connectivity index (χ4v) is 3.32. The van der Waals surface area contributed by atoms with Gasteiger partial charge in [0.05, 0.1) is 17.1 Å². The van der Waals surface area contributed by atoms with Crippen LogP contribution in [0, 0.1) is 0 Å². The minimum atomic E-state index is -0.373. The van der Waals surface area contributed by atoms with E-state index in [-0.39, 0.29) is 17.8 Å². The van der Waals surface area contributed by atoms with Crippen LogP contribution in [0.4, 0.5) is 9.93 Å². The van der Waals surface area contributed by atoms with E-state index in [0.29, 0.717) is 17.4 Å². The third-order valence-corrected chi connectivity index (χ3v) is 4.76. The zero-order valence-electron chi connectivity index (χ0n) is 14.2. The van der Waals surface area contributed by atoms with E-state index in [1.54, 1.807) is 23.7 Å². The quantitative estimate of drug-likeness (QED) is 0.423. The highest BCUT2D eigenvalue weighted by Gasteiger charge is 2.19. The van der Waals surface area contributed by atoms with E-state index in [4.69, 9.17) is 0 Å². The molecule has 0 bridgehead atoms. The van der Waals surface area contributed by atoms with Crippen LogP contribution < -0.4 is 10.6 Å². The summed E-state index contributed by atoms with van der Waals surface area (Å²) in [6.45, 7) is 0. The van der Waals surface area contributed by atoms with Gasteiger partial charge in [-0.1, -0.05) is 24.3 Å². The smallest absolute Gasteiger partial charge is 0.321 e. The monoisotopic (exact) mass is 379 g/mol. The van der Waals surface area contributed by atoms with Crippen molar-refractivity contribution in [2.75, 3.05) is 5.32 Å². The Hall–Kier alpha value is -3.39. The molecule has 0 aliphatic heterocycles. The molecule has 4 rings (SSSR count). The Morgan fingerprint density at radius 2 is 2.00 bits per heavy atom. The standard InChI is InChI=1S/C19H17N5O2S/c25-13-7-5-12(6-8-13)11-16(23-18(26)24-19-20-9-10-27-19)17-21-14-3-1-2-4-15(14)22-17/h1-10,16,25H,11H2,(H,21,22)(H2,20,23,24,26). The molecule has 2 heterocycles. The SMILES string of the molecule is O=C(Nc1nccs1)NC(Cc1ccc(O)cc1)c1nc2ccccc2[nH]1. The number of aromatic hydroxyl groups is 1. The van der Waals surface area contributed by atoms with Gasteiger partial charge in [0, 0.05) is 11.6 Å². The number of benzene rings is 2. The van der Waals surface area contributed by atoms with Crippen LogP contribution in [0.3, 0.4) is 0 Å². The molecule has 4 aromatic rings. The normalized spacial score (nSPS) is 12.0. The summed E-state index contributed by atoms with van der Waals surface area (Å²) in [5.41, 5.74) is 2.71. The molecule has 0 aliphatic carbocycles. The molecular weight excluding hydrogens is 362 g/mol. The van der Waals surface area contributed by atoms with Crippen LogP contribution >= 0.6 is 11.3 Å². The molecule has 1 atom stereocenters. The number of aromatic nitrogens is 3. The highest BCUT2D eigenvalue weighted by Crippen LogP contribution is 2.21. The zero-order valence-corrected chi connectivity index (χ0v) is 15.0. The van der Waals surface area contributed by atoms with E-state index in [0.717, 1.165) is 16.6 Å². The molecule has 2 amide bonds. The van der Waals surface area contributed by atoms with Crippen molar-refractivity contribution in [3.63, 3.8) is 0 Å². The summed E-state index contributed by atoms with van der Waals surface area (Å²) < 4.78 is 0. The van der Waals surface area contributed by atoms with Gasteiger partial charge in [-0.25, -0.2) is 14.8 Å².